The van der Waals surface area contributed by atoms with Crippen molar-refractivity contribution in [1.82, 2.24) is 0 Å². The first-order valence-corrected chi connectivity index (χ1v) is 5.94. The lowest BCUT2D eigenvalue weighted by molar-refractivity contribution is 0.0595. The molecule has 0 radical (unpaired) electrons. The van der Waals surface area contributed by atoms with Crippen LogP contribution in [-0.4, -0.2) is 18.2 Å². The van der Waals surface area contributed by atoms with Crippen LogP contribution in [0.2, 0.25) is 0 Å². The predicted octanol–water partition coefficient (Wildman–Crippen LogP) is 2.31. The van der Waals surface area contributed by atoms with Crippen molar-refractivity contribution in [2.75, 3.05) is 12.4 Å². The Morgan fingerprint density at radius 1 is 1.35 bits per heavy atom. The Kier molecular flexibility index (Phi) is 4.37. The molecule has 0 fully saturated rings. The fourth-order valence-electron chi connectivity index (χ4n) is 1.69. The van der Waals surface area contributed by atoms with Gasteiger partial charge in [0.1, 0.15) is 23.9 Å². The molecule has 0 amide bonds. The van der Waals surface area contributed by atoms with Crippen LogP contribution in [0, 0.1) is 5.82 Å². The number of methoxy groups -OCH3 is 1. The fraction of sp³-hybridized carbons (Fsp3) is 0.214. The molecule has 2 rings (SSSR count). The topological polar surface area (TPSA) is 71.7 Å². The largest absolute Gasteiger partial charge is 0.465 e. The number of nitrogens with one attached hydrogen (secondary N) is 1. The third-order valence-electron chi connectivity index (χ3n) is 2.71. The molecule has 1 aromatic carbocycles. The molecule has 0 saturated carbocycles. The van der Waals surface area contributed by atoms with Crippen LogP contribution >= 0.6 is 0 Å². The number of hydrogen-bond acceptors (Lipinski definition) is 5. The summed E-state index contributed by atoms with van der Waals surface area (Å²) in [6.45, 7) is 0.190. The van der Waals surface area contributed by atoms with Gasteiger partial charge in [-0.15, -0.1) is 0 Å². The number of ether oxygens (including phenoxy) is 1. The van der Waals surface area contributed by atoms with Gasteiger partial charge in [0.15, 0.2) is 0 Å². The van der Waals surface area contributed by atoms with E-state index in [-0.39, 0.29) is 12.2 Å². The number of halogens is 1. The van der Waals surface area contributed by atoms with Crippen molar-refractivity contribution in [3.63, 3.8) is 0 Å². The Balaban J connectivity index is 2.08. The van der Waals surface area contributed by atoms with Gasteiger partial charge in [0.05, 0.1) is 19.2 Å². The van der Waals surface area contributed by atoms with E-state index >= 15 is 0 Å². The van der Waals surface area contributed by atoms with E-state index in [9.17, 15) is 9.18 Å². The van der Waals surface area contributed by atoms with Crippen molar-refractivity contribution < 1.29 is 23.4 Å². The van der Waals surface area contributed by atoms with Crippen LogP contribution in [0.5, 0.6) is 0 Å². The second-order valence-corrected chi connectivity index (χ2v) is 4.07. The van der Waals surface area contributed by atoms with Gasteiger partial charge in [-0.3, -0.25) is 0 Å². The van der Waals surface area contributed by atoms with Gasteiger partial charge in [0, 0.05) is 5.69 Å². The zero-order valence-electron chi connectivity index (χ0n) is 10.9. The first-order valence-electron chi connectivity index (χ1n) is 5.94. The second-order valence-electron chi connectivity index (χ2n) is 4.07. The number of rotatable bonds is 5. The number of esters is 1. The average molecular weight is 279 g/mol. The number of aliphatic hydroxyl groups is 1. The van der Waals surface area contributed by atoms with Gasteiger partial charge in [-0.1, -0.05) is 0 Å². The minimum atomic E-state index is -0.730. The van der Waals surface area contributed by atoms with Gasteiger partial charge in [0.25, 0.3) is 0 Å². The molecule has 0 unspecified atom stereocenters. The van der Waals surface area contributed by atoms with E-state index in [0.717, 1.165) is 0 Å². The molecular weight excluding hydrogens is 265 g/mol. The molecule has 5 nitrogen and oxygen atoms in total. The zero-order chi connectivity index (χ0) is 14.5. The normalized spacial score (nSPS) is 10.3. The standard InChI is InChI=1S/C14H14FNO4/c1-19-14(18)12-6-9(2-5-13(12)15)16-7-10-3-4-11(8-17)20-10/h2-6,16-17H,7-8H2,1H3. The van der Waals surface area contributed by atoms with Crippen LogP contribution in [-0.2, 0) is 17.9 Å². The van der Waals surface area contributed by atoms with E-state index in [4.69, 9.17) is 9.52 Å². The number of benzene rings is 1. The maximum atomic E-state index is 13.4. The minimum Gasteiger partial charge on any atom is -0.465 e. The zero-order valence-corrected chi connectivity index (χ0v) is 10.9. The van der Waals surface area contributed by atoms with Crippen LogP contribution in [0.15, 0.2) is 34.7 Å². The molecule has 0 atom stereocenters. The summed E-state index contributed by atoms with van der Waals surface area (Å²) in [6, 6.07) is 7.47. The highest BCUT2D eigenvalue weighted by Crippen LogP contribution is 2.17. The van der Waals surface area contributed by atoms with Crippen LogP contribution in [0.4, 0.5) is 10.1 Å². The van der Waals surface area contributed by atoms with E-state index in [0.29, 0.717) is 23.8 Å². The van der Waals surface area contributed by atoms with E-state index in [1.165, 1.54) is 25.3 Å². The summed E-state index contributed by atoms with van der Waals surface area (Å²) >= 11 is 0. The van der Waals surface area contributed by atoms with E-state index < -0.39 is 11.8 Å². The molecule has 20 heavy (non-hydrogen) atoms. The molecule has 0 aliphatic heterocycles. The molecule has 6 heteroatoms. The van der Waals surface area contributed by atoms with Gasteiger partial charge in [-0.2, -0.15) is 0 Å². The lowest BCUT2D eigenvalue weighted by Crippen LogP contribution is -2.06. The predicted molar refractivity (Wildman–Crippen MR) is 69.7 cm³/mol. The van der Waals surface area contributed by atoms with Gasteiger partial charge in [-0.05, 0) is 30.3 Å². The van der Waals surface area contributed by atoms with E-state index in [1.54, 1.807) is 12.1 Å². The highest BCUT2D eigenvalue weighted by atomic mass is 19.1. The Labute approximate surface area is 115 Å². The van der Waals surface area contributed by atoms with Gasteiger partial charge >= 0.3 is 5.97 Å². The van der Waals surface area contributed by atoms with Crippen LogP contribution in [0.25, 0.3) is 0 Å². The van der Waals surface area contributed by atoms with Gasteiger partial charge in [-0.25, -0.2) is 9.18 Å². The Bertz CT molecular complexity index is 609. The lowest BCUT2D eigenvalue weighted by atomic mass is 10.2. The summed E-state index contributed by atoms with van der Waals surface area (Å²) in [5.74, 6) is -0.274. The number of hydrogen-bond donors (Lipinski definition) is 2. The Morgan fingerprint density at radius 3 is 2.75 bits per heavy atom. The number of carbonyl (C=O) groups is 1. The molecule has 2 N–H and O–H groups in total. The molecule has 1 heterocycles. The SMILES string of the molecule is COC(=O)c1cc(NCc2ccc(CO)o2)ccc1F. The molecule has 0 spiro atoms. The van der Waals surface area contributed by atoms with Gasteiger partial charge < -0.3 is 19.6 Å². The van der Waals surface area contributed by atoms with Crippen molar-refractivity contribution in [2.45, 2.75) is 13.2 Å². The smallest absolute Gasteiger partial charge is 0.340 e. The van der Waals surface area contributed by atoms with Crippen molar-refractivity contribution in [3.05, 3.63) is 53.2 Å². The van der Waals surface area contributed by atoms with Gasteiger partial charge in [0.2, 0.25) is 0 Å². The Morgan fingerprint density at radius 2 is 2.10 bits per heavy atom. The molecular formula is C14H14FNO4. The first kappa shape index (κ1) is 14.1. The summed E-state index contributed by atoms with van der Waals surface area (Å²) in [4.78, 5) is 11.4. The van der Waals surface area contributed by atoms with Crippen LogP contribution in [0.1, 0.15) is 21.9 Å². The third-order valence-corrected chi connectivity index (χ3v) is 2.71. The summed E-state index contributed by atoms with van der Waals surface area (Å²) in [5.41, 5.74) is 0.432. The summed E-state index contributed by atoms with van der Waals surface area (Å²) in [6.07, 6.45) is 0. The number of furan rings is 1. The number of anilines is 1. The highest BCUT2D eigenvalue weighted by Gasteiger charge is 2.12. The van der Waals surface area contributed by atoms with Crippen molar-refractivity contribution in [3.8, 4) is 0 Å². The molecule has 1 aromatic heterocycles. The van der Waals surface area contributed by atoms with Crippen molar-refractivity contribution in [1.29, 1.82) is 0 Å². The number of aliphatic hydroxyl groups excluding tert-OH is 1. The summed E-state index contributed by atoms with van der Waals surface area (Å²) < 4.78 is 23.2. The van der Waals surface area contributed by atoms with Crippen LogP contribution in [0.3, 0.4) is 0 Å². The minimum absolute atomic E-state index is 0.131. The highest BCUT2D eigenvalue weighted by molar-refractivity contribution is 5.90. The molecule has 0 aliphatic carbocycles. The molecule has 0 saturated heterocycles. The third kappa shape index (κ3) is 3.16. The van der Waals surface area contributed by atoms with Crippen LogP contribution < -0.4 is 5.32 Å². The average Bonchev–Trinajstić information content (AvgIpc) is 2.93. The molecule has 2 aromatic rings. The maximum absolute atomic E-state index is 13.4. The first-order chi connectivity index (χ1) is 9.63. The summed E-state index contributed by atoms with van der Waals surface area (Å²) in [5, 5.41) is 11.9. The maximum Gasteiger partial charge on any atom is 0.340 e. The number of carbonyl (C=O) groups excluding carboxylic acids is 1. The van der Waals surface area contributed by atoms with Crippen molar-refractivity contribution in [2.24, 2.45) is 0 Å². The van der Waals surface area contributed by atoms with E-state index in [1.807, 2.05) is 0 Å². The van der Waals surface area contributed by atoms with Crippen molar-refractivity contribution >= 4 is 11.7 Å². The fourth-order valence-corrected chi connectivity index (χ4v) is 1.69. The summed E-state index contributed by atoms with van der Waals surface area (Å²) in [7, 11) is 1.20. The Hall–Kier alpha value is -2.34. The second kappa shape index (κ2) is 6.21. The lowest BCUT2D eigenvalue weighted by Gasteiger charge is -2.07. The van der Waals surface area contributed by atoms with E-state index in [2.05, 4.69) is 10.1 Å². The molecule has 0 bridgehead atoms. The molecule has 106 valence electrons. The monoisotopic (exact) mass is 279 g/mol. The molecule has 0 aliphatic rings. The quantitative estimate of drug-likeness (QED) is 0.822.